The van der Waals surface area contributed by atoms with Gasteiger partial charge >= 0.3 is 6.18 Å². The third kappa shape index (κ3) is 5.01. The lowest BCUT2D eigenvalue weighted by Gasteiger charge is -2.28. The van der Waals surface area contributed by atoms with Crippen LogP contribution in [0.15, 0.2) is 32.5 Å². The quantitative estimate of drug-likeness (QED) is 0.534. The fraction of sp³-hybridized carbons (Fsp3) is 0.500. The van der Waals surface area contributed by atoms with Crippen LogP contribution in [-0.4, -0.2) is 15.1 Å². The Balaban J connectivity index is 2.71. The molecule has 1 aromatic carbocycles. The Labute approximate surface area is 163 Å². The number of hydrogen-bond donors (Lipinski definition) is 1. The van der Waals surface area contributed by atoms with Crippen molar-refractivity contribution in [1.29, 1.82) is 0 Å². The molecular formula is C18H22F3NO3S2. The van der Waals surface area contributed by atoms with Gasteiger partial charge in [-0.3, -0.25) is 4.79 Å². The Morgan fingerprint density at radius 1 is 1.30 bits per heavy atom. The van der Waals surface area contributed by atoms with Gasteiger partial charge in [-0.05, 0) is 43.2 Å². The first-order chi connectivity index (χ1) is 12.4. The van der Waals surface area contributed by atoms with Gasteiger partial charge in [-0.25, -0.2) is 0 Å². The smallest absolute Gasteiger partial charge is 0.416 e. The van der Waals surface area contributed by atoms with Crippen LogP contribution in [0.2, 0.25) is 0 Å². The topological polar surface area (TPSA) is 79.3 Å². The second-order valence-corrected chi connectivity index (χ2v) is 9.93. The predicted molar refractivity (Wildman–Crippen MR) is 103 cm³/mol. The molecule has 0 aliphatic rings. The third-order valence-corrected chi connectivity index (χ3v) is 6.35. The molecule has 1 aromatic heterocycles. The number of thioether (sulfide) groups is 1. The minimum absolute atomic E-state index is 0.112. The summed E-state index contributed by atoms with van der Waals surface area (Å²) >= 11 is -0.362. The van der Waals surface area contributed by atoms with Gasteiger partial charge in [0.1, 0.15) is 10.3 Å². The van der Waals surface area contributed by atoms with Gasteiger partial charge in [-0.1, -0.05) is 25.6 Å². The van der Waals surface area contributed by atoms with Crippen LogP contribution < -0.4 is 10.6 Å². The zero-order chi connectivity index (χ0) is 20.6. The molecule has 150 valence electrons. The number of benzene rings is 1. The Kier molecular flexibility index (Phi) is 6.61. The first-order valence-corrected chi connectivity index (χ1v) is 10.5. The number of hydrogen-bond acceptors (Lipinski definition) is 5. The molecule has 9 heteroatoms. The molecule has 0 spiro atoms. The lowest BCUT2D eigenvalue weighted by Crippen LogP contribution is -2.38. The molecule has 4 nitrogen and oxygen atoms in total. The molecule has 0 amide bonds. The average Bonchev–Trinajstić information content (AvgIpc) is 2.52. The normalized spacial score (nSPS) is 15.1. The van der Waals surface area contributed by atoms with Crippen molar-refractivity contribution in [2.24, 2.45) is 5.14 Å². The van der Waals surface area contributed by atoms with Crippen molar-refractivity contribution in [3.63, 3.8) is 0 Å². The van der Waals surface area contributed by atoms with E-state index in [-0.39, 0.29) is 23.0 Å². The van der Waals surface area contributed by atoms with Gasteiger partial charge in [-0.15, -0.1) is 0 Å². The minimum Gasteiger partial charge on any atom is -0.598 e. The summed E-state index contributed by atoms with van der Waals surface area (Å²) in [5.74, 6) is 0.196. The van der Waals surface area contributed by atoms with Crippen molar-refractivity contribution in [2.75, 3.05) is 5.75 Å². The maximum atomic E-state index is 13.4. The number of halogens is 3. The Morgan fingerprint density at radius 3 is 2.44 bits per heavy atom. The van der Waals surface area contributed by atoms with E-state index in [2.05, 4.69) is 0 Å². The largest absolute Gasteiger partial charge is 0.598 e. The van der Waals surface area contributed by atoms with E-state index in [4.69, 9.17) is 9.56 Å². The van der Waals surface area contributed by atoms with E-state index in [1.807, 2.05) is 6.92 Å². The third-order valence-electron chi connectivity index (χ3n) is 4.32. The van der Waals surface area contributed by atoms with E-state index in [1.54, 1.807) is 20.8 Å². The van der Waals surface area contributed by atoms with Crippen LogP contribution in [0.3, 0.4) is 0 Å². The van der Waals surface area contributed by atoms with Crippen molar-refractivity contribution < 1.29 is 22.1 Å². The number of nitrogens with two attached hydrogens (primary N) is 1. The molecule has 27 heavy (non-hydrogen) atoms. The Morgan fingerprint density at radius 2 is 1.93 bits per heavy atom. The second kappa shape index (κ2) is 8.06. The van der Waals surface area contributed by atoms with Crippen LogP contribution in [0.25, 0.3) is 11.0 Å². The van der Waals surface area contributed by atoms with Gasteiger partial charge in [0, 0.05) is 23.8 Å². The fourth-order valence-electron chi connectivity index (χ4n) is 2.94. The van der Waals surface area contributed by atoms with E-state index < -0.39 is 39.2 Å². The van der Waals surface area contributed by atoms with Crippen molar-refractivity contribution in [2.45, 2.75) is 56.0 Å². The van der Waals surface area contributed by atoms with Crippen LogP contribution in [0, 0.1) is 0 Å². The van der Waals surface area contributed by atoms with Gasteiger partial charge in [0.25, 0.3) is 0 Å². The fourth-order valence-corrected chi connectivity index (χ4v) is 3.97. The molecule has 0 aliphatic carbocycles. The first-order valence-electron chi connectivity index (χ1n) is 8.35. The van der Waals surface area contributed by atoms with Gasteiger partial charge in [-0.2, -0.15) is 18.3 Å². The highest BCUT2D eigenvalue weighted by Gasteiger charge is 2.36. The summed E-state index contributed by atoms with van der Waals surface area (Å²) < 4.78 is 56.8. The van der Waals surface area contributed by atoms with E-state index in [0.29, 0.717) is 10.8 Å². The first kappa shape index (κ1) is 22.1. The molecule has 0 radical (unpaired) electrons. The van der Waals surface area contributed by atoms with Gasteiger partial charge in [0.15, 0.2) is 10.5 Å². The highest BCUT2D eigenvalue weighted by Crippen LogP contribution is 2.38. The van der Waals surface area contributed by atoms with Crippen molar-refractivity contribution in [1.82, 2.24) is 0 Å². The van der Waals surface area contributed by atoms with Crippen LogP contribution >= 0.6 is 11.8 Å². The molecule has 2 aromatic rings. The van der Waals surface area contributed by atoms with Gasteiger partial charge in [0.2, 0.25) is 0 Å². The standard InChI is InChI=1S/C18H22F3NO3S2/c1-5-26-15-8-14(23)13-7-11(18(19,20)21)6-12(16(13)25-15)10(2)9-17(3,4)27(22)24/h6-8,10H,5,9,22H2,1-4H3. The maximum Gasteiger partial charge on any atom is 0.416 e. The monoisotopic (exact) mass is 421 g/mol. The number of alkyl halides is 3. The number of fused-ring (bicyclic) bond motifs is 1. The zero-order valence-electron chi connectivity index (χ0n) is 15.5. The minimum atomic E-state index is -4.60. The molecule has 2 N–H and O–H groups in total. The summed E-state index contributed by atoms with van der Waals surface area (Å²) in [6.45, 7) is 6.96. The number of rotatable bonds is 6. The van der Waals surface area contributed by atoms with Gasteiger partial charge in [0.05, 0.1) is 10.9 Å². The summed E-state index contributed by atoms with van der Waals surface area (Å²) in [7, 11) is 0. The van der Waals surface area contributed by atoms with Gasteiger partial charge < -0.3 is 8.97 Å². The summed E-state index contributed by atoms with van der Waals surface area (Å²) in [5.41, 5.74) is -1.04. The second-order valence-electron chi connectivity index (χ2n) is 6.96. The maximum absolute atomic E-state index is 13.4. The molecule has 0 aliphatic heterocycles. The SMILES string of the molecule is CCSc1cc(=O)c2cc(C(F)(F)F)cc(C(C)CC(C)(C)[S+](N)[O-])c2o1. The summed E-state index contributed by atoms with van der Waals surface area (Å²) in [4.78, 5) is 12.4. The molecular weight excluding hydrogens is 399 g/mol. The van der Waals surface area contributed by atoms with Crippen molar-refractivity contribution in [3.05, 3.63) is 39.5 Å². The molecule has 0 saturated heterocycles. The molecule has 1 heterocycles. The van der Waals surface area contributed by atoms with Crippen LogP contribution in [0.4, 0.5) is 13.2 Å². The summed E-state index contributed by atoms with van der Waals surface area (Å²) in [5, 5.41) is 5.75. The molecule has 2 rings (SSSR count). The molecule has 2 atom stereocenters. The summed E-state index contributed by atoms with van der Waals surface area (Å²) in [6.07, 6.45) is -4.33. The van der Waals surface area contributed by atoms with E-state index in [1.165, 1.54) is 17.8 Å². The average molecular weight is 422 g/mol. The summed E-state index contributed by atoms with van der Waals surface area (Å²) in [6, 6.07) is 3.04. The Bertz CT molecular complexity index is 879. The highest BCUT2D eigenvalue weighted by molar-refractivity contribution is 7.99. The van der Waals surface area contributed by atoms with Crippen molar-refractivity contribution in [3.8, 4) is 0 Å². The Hall–Kier alpha value is -1.16. The van der Waals surface area contributed by atoms with Crippen LogP contribution in [0.1, 0.15) is 51.2 Å². The molecule has 0 bridgehead atoms. The van der Waals surface area contributed by atoms with E-state index in [9.17, 15) is 22.5 Å². The van der Waals surface area contributed by atoms with Crippen LogP contribution in [0.5, 0.6) is 0 Å². The van der Waals surface area contributed by atoms with Crippen LogP contribution in [-0.2, 0) is 17.5 Å². The van der Waals surface area contributed by atoms with E-state index in [0.717, 1.165) is 12.1 Å². The molecule has 0 saturated carbocycles. The zero-order valence-corrected chi connectivity index (χ0v) is 17.1. The lowest BCUT2D eigenvalue weighted by molar-refractivity contribution is -0.137. The molecule has 0 fully saturated rings. The predicted octanol–water partition coefficient (Wildman–Crippen LogP) is 4.82. The van der Waals surface area contributed by atoms with E-state index >= 15 is 0 Å². The highest BCUT2D eigenvalue weighted by atomic mass is 32.2. The molecule has 2 unspecified atom stereocenters. The van der Waals surface area contributed by atoms with Crippen molar-refractivity contribution >= 4 is 34.1 Å². The lowest BCUT2D eigenvalue weighted by atomic mass is 9.89.